The van der Waals surface area contributed by atoms with Crippen molar-refractivity contribution >= 4 is 5.78 Å². The van der Waals surface area contributed by atoms with Crippen LogP contribution in [0.2, 0.25) is 0 Å². The summed E-state index contributed by atoms with van der Waals surface area (Å²) in [6.07, 6.45) is 3.88. The lowest BCUT2D eigenvalue weighted by atomic mass is 10.1. The quantitative estimate of drug-likeness (QED) is 0.447. The van der Waals surface area contributed by atoms with Crippen molar-refractivity contribution in [2.24, 2.45) is 0 Å². The van der Waals surface area contributed by atoms with Crippen molar-refractivity contribution in [2.45, 2.75) is 33.6 Å². The lowest BCUT2D eigenvalue weighted by molar-refractivity contribution is -0.113. The molecule has 0 aromatic carbocycles. The van der Waals surface area contributed by atoms with E-state index in [-0.39, 0.29) is 5.78 Å². The van der Waals surface area contributed by atoms with E-state index in [9.17, 15) is 4.79 Å². The van der Waals surface area contributed by atoms with Crippen molar-refractivity contribution in [2.75, 3.05) is 0 Å². The van der Waals surface area contributed by atoms with Gasteiger partial charge in [0.1, 0.15) is 0 Å². The van der Waals surface area contributed by atoms with Crippen LogP contribution in [-0.2, 0) is 4.79 Å². The number of hydrogen-bond donors (Lipinski definition) is 0. The van der Waals surface area contributed by atoms with Crippen molar-refractivity contribution in [3.05, 3.63) is 23.8 Å². The van der Waals surface area contributed by atoms with Gasteiger partial charge in [-0.05, 0) is 39.2 Å². The normalized spacial score (nSPS) is 11.4. The number of Topliss-reactive ketones (excluding diaryl/α,β-unsaturated/α-hetero) is 1. The van der Waals surface area contributed by atoms with Crippen molar-refractivity contribution in [1.29, 1.82) is 0 Å². The summed E-state index contributed by atoms with van der Waals surface area (Å²) in [6.45, 7) is 9.22. The number of carbonyl (C=O) groups excluding carboxylic acids is 1. The zero-order valence-electron chi connectivity index (χ0n) is 7.61. The van der Waals surface area contributed by atoms with Gasteiger partial charge in [-0.3, -0.25) is 4.79 Å². The zero-order chi connectivity index (χ0) is 8.85. The van der Waals surface area contributed by atoms with Gasteiger partial charge in [-0.1, -0.05) is 11.6 Å². The van der Waals surface area contributed by atoms with Gasteiger partial charge in [-0.25, -0.2) is 0 Å². The molecule has 0 aliphatic rings. The molecule has 0 atom stereocenters. The predicted octanol–water partition coefficient (Wildman–Crippen LogP) is 2.88. The second-order valence-corrected chi connectivity index (χ2v) is 2.94. The number of ketones is 1. The first kappa shape index (κ1) is 10.2. The molecule has 0 aromatic rings. The standard InChI is InChI=1S/C10H16O/c1-8(2)6-5-7-9(3)10(4)11/h7H,1,5-6H2,2-4H3/b9-7+. The number of allylic oxidation sites excluding steroid dienone is 3. The fourth-order valence-electron chi connectivity index (χ4n) is 0.679. The summed E-state index contributed by atoms with van der Waals surface area (Å²) in [4.78, 5) is 10.7. The van der Waals surface area contributed by atoms with E-state index in [0.717, 1.165) is 24.0 Å². The minimum Gasteiger partial charge on any atom is -0.295 e. The fourth-order valence-corrected chi connectivity index (χ4v) is 0.679. The van der Waals surface area contributed by atoms with Gasteiger partial charge in [0.15, 0.2) is 5.78 Å². The highest BCUT2D eigenvalue weighted by molar-refractivity contribution is 5.92. The van der Waals surface area contributed by atoms with E-state index >= 15 is 0 Å². The van der Waals surface area contributed by atoms with Gasteiger partial charge in [0.05, 0.1) is 0 Å². The Kier molecular flexibility index (Phi) is 4.51. The molecule has 0 aliphatic carbocycles. The average molecular weight is 152 g/mol. The summed E-state index contributed by atoms with van der Waals surface area (Å²) in [5.74, 6) is 0.159. The van der Waals surface area contributed by atoms with Crippen LogP contribution in [0.15, 0.2) is 23.8 Å². The number of rotatable bonds is 4. The molecule has 11 heavy (non-hydrogen) atoms. The molecule has 0 spiro atoms. The third-order valence-electron chi connectivity index (χ3n) is 1.58. The van der Waals surface area contributed by atoms with Crippen molar-refractivity contribution in [1.82, 2.24) is 0 Å². The van der Waals surface area contributed by atoms with Crippen LogP contribution in [-0.4, -0.2) is 5.78 Å². The monoisotopic (exact) mass is 152 g/mol. The fraction of sp³-hybridized carbons (Fsp3) is 0.500. The Morgan fingerprint density at radius 1 is 1.36 bits per heavy atom. The molecule has 0 aromatic heterocycles. The topological polar surface area (TPSA) is 17.1 Å². The van der Waals surface area contributed by atoms with Crippen LogP contribution in [0, 0.1) is 0 Å². The van der Waals surface area contributed by atoms with E-state index in [1.54, 1.807) is 6.92 Å². The first-order chi connectivity index (χ1) is 5.04. The summed E-state index contributed by atoms with van der Waals surface area (Å²) in [5, 5.41) is 0. The number of hydrogen-bond acceptors (Lipinski definition) is 1. The Morgan fingerprint density at radius 2 is 1.91 bits per heavy atom. The maximum Gasteiger partial charge on any atom is 0.155 e. The second-order valence-electron chi connectivity index (χ2n) is 2.94. The van der Waals surface area contributed by atoms with Gasteiger partial charge in [-0.2, -0.15) is 0 Å². The molecule has 0 saturated heterocycles. The van der Waals surface area contributed by atoms with Crippen LogP contribution in [0.25, 0.3) is 0 Å². The van der Waals surface area contributed by atoms with E-state index in [0.29, 0.717) is 0 Å². The second kappa shape index (κ2) is 4.89. The van der Waals surface area contributed by atoms with Crippen LogP contribution in [0.4, 0.5) is 0 Å². The van der Waals surface area contributed by atoms with E-state index in [1.807, 2.05) is 19.9 Å². The Morgan fingerprint density at radius 3 is 2.27 bits per heavy atom. The smallest absolute Gasteiger partial charge is 0.155 e. The summed E-state index contributed by atoms with van der Waals surface area (Å²) in [6, 6.07) is 0. The minimum absolute atomic E-state index is 0.159. The molecule has 0 unspecified atom stereocenters. The SMILES string of the molecule is C=C(C)CC/C=C(\C)C(C)=O. The summed E-state index contributed by atoms with van der Waals surface area (Å²) >= 11 is 0. The van der Waals surface area contributed by atoms with Gasteiger partial charge >= 0.3 is 0 Å². The molecular weight excluding hydrogens is 136 g/mol. The van der Waals surface area contributed by atoms with Crippen molar-refractivity contribution < 1.29 is 4.79 Å². The van der Waals surface area contributed by atoms with E-state index < -0.39 is 0 Å². The minimum atomic E-state index is 0.159. The Labute approximate surface area is 68.8 Å². The molecule has 1 nitrogen and oxygen atoms in total. The third-order valence-corrected chi connectivity index (χ3v) is 1.58. The lowest BCUT2D eigenvalue weighted by Gasteiger charge is -1.95. The lowest BCUT2D eigenvalue weighted by Crippen LogP contribution is -1.90. The third kappa shape index (κ3) is 5.59. The summed E-state index contributed by atoms with van der Waals surface area (Å²) in [5.41, 5.74) is 2.02. The first-order valence-corrected chi connectivity index (χ1v) is 3.86. The molecular formula is C10H16O. The van der Waals surface area contributed by atoms with E-state index in [2.05, 4.69) is 6.58 Å². The zero-order valence-corrected chi connectivity index (χ0v) is 7.61. The van der Waals surface area contributed by atoms with Gasteiger partial charge in [0.25, 0.3) is 0 Å². The van der Waals surface area contributed by atoms with Crippen LogP contribution in [0.3, 0.4) is 0 Å². The largest absolute Gasteiger partial charge is 0.295 e. The maximum absolute atomic E-state index is 10.7. The molecule has 0 radical (unpaired) electrons. The highest BCUT2D eigenvalue weighted by Gasteiger charge is 1.93. The first-order valence-electron chi connectivity index (χ1n) is 3.86. The molecule has 0 heterocycles. The number of carbonyl (C=O) groups is 1. The molecule has 0 N–H and O–H groups in total. The van der Waals surface area contributed by atoms with Gasteiger partial charge in [-0.15, -0.1) is 6.58 Å². The molecule has 0 aliphatic heterocycles. The Bertz CT molecular complexity index is 187. The Hall–Kier alpha value is -0.850. The van der Waals surface area contributed by atoms with Crippen molar-refractivity contribution in [3.63, 3.8) is 0 Å². The average Bonchev–Trinajstić information content (AvgIpc) is 1.86. The van der Waals surface area contributed by atoms with E-state index in [4.69, 9.17) is 0 Å². The molecule has 0 fully saturated rings. The van der Waals surface area contributed by atoms with Gasteiger partial charge in [0, 0.05) is 0 Å². The molecule has 0 amide bonds. The molecule has 0 saturated carbocycles. The predicted molar refractivity (Wildman–Crippen MR) is 48.5 cm³/mol. The highest BCUT2D eigenvalue weighted by Crippen LogP contribution is 2.04. The molecule has 0 bridgehead atoms. The van der Waals surface area contributed by atoms with Crippen LogP contribution < -0.4 is 0 Å². The van der Waals surface area contributed by atoms with Gasteiger partial charge in [0.2, 0.25) is 0 Å². The van der Waals surface area contributed by atoms with Crippen LogP contribution >= 0.6 is 0 Å². The highest BCUT2D eigenvalue weighted by atomic mass is 16.1. The van der Waals surface area contributed by atoms with Crippen molar-refractivity contribution in [3.8, 4) is 0 Å². The summed E-state index contributed by atoms with van der Waals surface area (Å²) in [7, 11) is 0. The molecule has 1 heteroatoms. The molecule has 62 valence electrons. The van der Waals surface area contributed by atoms with Crippen LogP contribution in [0.1, 0.15) is 33.6 Å². The maximum atomic E-state index is 10.7. The molecule has 0 rings (SSSR count). The Balaban J connectivity index is 3.74. The summed E-state index contributed by atoms with van der Waals surface area (Å²) < 4.78 is 0. The van der Waals surface area contributed by atoms with Gasteiger partial charge < -0.3 is 0 Å². The van der Waals surface area contributed by atoms with E-state index in [1.165, 1.54) is 0 Å². The van der Waals surface area contributed by atoms with Crippen LogP contribution in [0.5, 0.6) is 0 Å².